The number of amides is 1. The molecule has 0 aliphatic rings. The molecule has 0 saturated carbocycles. The predicted molar refractivity (Wildman–Crippen MR) is 98.3 cm³/mol. The van der Waals surface area contributed by atoms with Gasteiger partial charge in [-0.25, -0.2) is 9.18 Å². The van der Waals surface area contributed by atoms with Gasteiger partial charge in [-0.05, 0) is 44.0 Å². The van der Waals surface area contributed by atoms with Crippen LogP contribution in [0.15, 0.2) is 48.5 Å². The van der Waals surface area contributed by atoms with Crippen LogP contribution in [-0.4, -0.2) is 18.7 Å². The molecule has 2 aromatic rings. The lowest BCUT2D eigenvalue weighted by Crippen LogP contribution is -2.28. The lowest BCUT2D eigenvalue weighted by Gasteiger charge is -2.19. The van der Waals surface area contributed by atoms with Crippen LogP contribution in [0.4, 0.5) is 9.18 Å². The summed E-state index contributed by atoms with van der Waals surface area (Å²) in [5.41, 5.74) is 7.15. The quantitative estimate of drug-likeness (QED) is 0.748. The number of rotatable bonds is 8. The van der Waals surface area contributed by atoms with Crippen molar-refractivity contribution in [1.29, 1.82) is 0 Å². The maximum atomic E-state index is 13.6. The first-order valence-corrected chi connectivity index (χ1v) is 8.60. The van der Waals surface area contributed by atoms with Gasteiger partial charge in [0.2, 0.25) is 0 Å². The van der Waals surface area contributed by atoms with Crippen molar-refractivity contribution in [2.45, 2.75) is 39.0 Å². The van der Waals surface area contributed by atoms with Crippen molar-refractivity contribution in [2.24, 2.45) is 5.73 Å². The fourth-order valence-corrected chi connectivity index (χ4v) is 2.36. The fraction of sp³-hybridized carbons (Fsp3) is 0.350. The summed E-state index contributed by atoms with van der Waals surface area (Å²) in [6.45, 7) is 4.22. The van der Waals surface area contributed by atoms with Crippen molar-refractivity contribution < 1.29 is 18.7 Å². The van der Waals surface area contributed by atoms with E-state index in [9.17, 15) is 9.18 Å². The van der Waals surface area contributed by atoms with E-state index in [0.717, 1.165) is 5.56 Å². The molecule has 2 atom stereocenters. The van der Waals surface area contributed by atoms with Crippen molar-refractivity contribution in [1.82, 2.24) is 5.32 Å². The van der Waals surface area contributed by atoms with Crippen LogP contribution in [0.1, 0.15) is 37.4 Å². The highest BCUT2D eigenvalue weighted by molar-refractivity contribution is 5.68. The molecule has 2 rings (SSSR count). The molecular formula is C20H25FN2O3. The minimum atomic E-state index is -0.577. The number of alkyl carbamates (subject to hydrolysis) is 1. The standard InChI is InChI=1S/C20H25FN2O3/c1-14(22)10-11-25-19-9-8-17(21)12-18(19)15(2)23-20(24)26-13-16-6-4-3-5-7-16/h3-9,12,14-15H,10-11,13,22H2,1-2H3,(H,23,24)/t14-,15-/m1/s1. The highest BCUT2D eigenvalue weighted by atomic mass is 19.1. The molecule has 5 nitrogen and oxygen atoms in total. The van der Waals surface area contributed by atoms with E-state index in [-0.39, 0.29) is 12.6 Å². The van der Waals surface area contributed by atoms with Gasteiger partial charge in [0.15, 0.2) is 0 Å². The molecule has 6 heteroatoms. The van der Waals surface area contributed by atoms with Crippen LogP contribution in [0, 0.1) is 5.82 Å². The van der Waals surface area contributed by atoms with Crippen molar-refractivity contribution in [3.8, 4) is 5.75 Å². The average Bonchev–Trinajstić information content (AvgIpc) is 2.61. The van der Waals surface area contributed by atoms with Crippen LogP contribution in [0.2, 0.25) is 0 Å². The lowest BCUT2D eigenvalue weighted by atomic mass is 10.1. The summed E-state index contributed by atoms with van der Waals surface area (Å²) >= 11 is 0. The molecule has 3 N–H and O–H groups in total. The number of halogens is 1. The molecule has 0 heterocycles. The van der Waals surface area contributed by atoms with E-state index in [4.69, 9.17) is 15.2 Å². The highest BCUT2D eigenvalue weighted by Crippen LogP contribution is 2.26. The van der Waals surface area contributed by atoms with Crippen molar-refractivity contribution in [2.75, 3.05) is 6.61 Å². The molecule has 0 fully saturated rings. The minimum absolute atomic E-state index is 0.0161. The Balaban J connectivity index is 1.95. The molecule has 140 valence electrons. The number of ether oxygens (including phenoxy) is 2. The second kappa shape index (κ2) is 9.77. The topological polar surface area (TPSA) is 73.6 Å². The first-order chi connectivity index (χ1) is 12.5. The first-order valence-electron chi connectivity index (χ1n) is 8.60. The summed E-state index contributed by atoms with van der Waals surface area (Å²) in [7, 11) is 0. The van der Waals surface area contributed by atoms with Gasteiger partial charge in [0.05, 0.1) is 12.6 Å². The Labute approximate surface area is 153 Å². The third-order valence-corrected chi connectivity index (χ3v) is 3.82. The Morgan fingerprint density at radius 3 is 2.62 bits per heavy atom. The highest BCUT2D eigenvalue weighted by Gasteiger charge is 2.16. The van der Waals surface area contributed by atoms with E-state index in [2.05, 4.69) is 5.32 Å². The Hall–Kier alpha value is -2.60. The van der Waals surface area contributed by atoms with Crippen LogP contribution in [-0.2, 0) is 11.3 Å². The number of hydrogen-bond donors (Lipinski definition) is 2. The Morgan fingerprint density at radius 1 is 1.19 bits per heavy atom. The second-order valence-corrected chi connectivity index (χ2v) is 6.22. The molecule has 0 saturated heterocycles. The fourth-order valence-electron chi connectivity index (χ4n) is 2.36. The Morgan fingerprint density at radius 2 is 1.92 bits per heavy atom. The summed E-state index contributed by atoms with van der Waals surface area (Å²) < 4.78 is 24.5. The van der Waals surface area contributed by atoms with Gasteiger partial charge in [-0.2, -0.15) is 0 Å². The molecule has 0 radical (unpaired) electrons. The molecule has 0 aliphatic carbocycles. The van der Waals surface area contributed by atoms with E-state index >= 15 is 0 Å². The van der Waals surface area contributed by atoms with Crippen LogP contribution < -0.4 is 15.8 Å². The molecule has 1 amide bonds. The monoisotopic (exact) mass is 360 g/mol. The van der Waals surface area contributed by atoms with E-state index in [1.54, 1.807) is 13.0 Å². The number of carbonyl (C=O) groups excluding carboxylic acids is 1. The van der Waals surface area contributed by atoms with E-state index in [1.807, 2.05) is 37.3 Å². The second-order valence-electron chi connectivity index (χ2n) is 6.22. The van der Waals surface area contributed by atoms with E-state index < -0.39 is 18.0 Å². The van der Waals surface area contributed by atoms with Crippen molar-refractivity contribution in [3.63, 3.8) is 0 Å². The van der Waals surface area contributed by atoms with Gasteiger partial charge in [0, 0.05) is 11.6 Å². The third kappa shape index (κ3) is 6.37. The normalized spacial score (nSPS) is 12.9. The molecular weight excluding hydrogens is 335 g/mol. The van der Waals surface area contributed by atoms with Gasteiger partial charge in [-0.15, -0.1) is 0 Å². The zero-order valence-corrected chi connectivity index (χ0v) is 15.1. The van der Waals surface area contributed by atoms with Gasteiger partial charge in [0.25, 0.3) is 0 Å². The molecule has 0 aliphatic heterocycles. The maximum Gasteiger partial charge on any atom is 0.407 e. The van der Waals surface area contributed by atoms with Gasteiger partial charge in [-0.3, -0.25) is 0 Å². The molecule has 26 heavy (non-hydrogen) atoms. The Bertz CT molecular complexity index is 707. The van der Waals surface area contributed by atoms with Gasteiger partial charge in [0.1, 0.15) is 18.2 Å². The van der Waals surface area contributed by atoms with Gasteiger partial charge < -0.3 is 20.5 Å². The SMILES string of the molecule is C[C@@H](N)CCOc1ccc(F)cc1[C@@H](C)NC(=O)OCc1ccccc1. The van der Waals surface area contributed by atoms with Gasteiger partial charge in [-0.1, -0.05) is 30.3 Å². The number of nitrogens with one attached hydrogen (secondary N) is 1. The smallest absolute Gasteiger partial charge is 0.407 e. The first kappa shape index (κ1) is 19.7. The molecule has 0 spiro atoms. The predicted octanol–water partition coefficient (Wildman–Crippen LogP) is 3.93. The van der Waals surface area contributed by atoms with Crippen LogP contribution in [0.5, 0.6) is 5.75 Å². The molecule has 0 aromatic heterocycles. The number of benzene rings is 2. The van der Waals surface area contributed by atoms with Crippen LogP contribution >= 0.6 is 0 Å². The zero-order valence-electron chi connectivity index (χ0n) is 15.1. The summed E-state index contributed by atoms with van der Waals surface area (Å²) in [5.74, 6) is 0.119. The largest absolute Gasteiger partial charge is 0.493 e. The maximum absolute atomic E-state index is 13.6. The Kier molecular flexibility index (Phi) is 7.41. The number of nitrogens with two attached hydrogens (primary N) is 1. The summed E-state index contributed by atoms with van der Waals surface area (Å²) in [6, 6.07) is 13.1. The molecule has 2 aromatic carbocycles. The van der Waals surface area contributed by atoms with Gasteiger partial charge >= 0.3 is 6.09 Å². The summed E-state index contributed by atoms with van der Waals surface area (Å²) in [5, 5.41) is 2.70. The van der Waals surface area contributed by atoms with Crippen LogP contribution in [0.3, 0.4) is 0 Å². The van der Waals surface area contributed by atoms with E-state index in [0.29, 0.717) is 24.3 Å². The molecule has 0 bridgehead atoms. The zero-order chi connectivity index (χ0) is 18.9. The third-order valence-electron chi connectivity index (χ3n) is 3.82. The van der Waals surface area contributed by atoms with Crippen molar-refractivity contribution >= 4 is 6.09 Å². The van der Waals surface area contributed by atoms with E-state index in [1.165, 1.54) is 12.1 Å². The number of carbonyl (C=O) groups is 1. The minimum Gasteiger partial charge on any atom is -0.493 e. The summed E-state index contributed by atoms with van der Waals surface area (Å²) in [4.78, 5) is 12.0. The molecule has 0 unspecified atom stereocenters. The van der Waals surface area contributed by atoms with Crippen LogP contribution in [0.25, 0.3) is 0 Å². The lowest BCUT2D eigenvalue weighted by molar-refractivity contribution is 0.136. The summed E-state index contributed by atoms with van der Waals surface area (Å²) in [6.07, 6.45) is 0.102. The van der Waals surface area contributed by atoms with Crippen molar-refractivity contribution in [3.05, 3.63) is 65.5 Å². The number of hydrogen-bond acceptors (Lipinski definition) is 4. The average molecular weight is 360 g/mol.